The van der Waals surface area contributed by atoms with Crippen LogP contribution in [0.5, 0.6) is 0 Å². The van der Waals surface area contributed by atoms with Crippen molar-refractivity contribution in [2.75, 3.05) is 6.61 Å². The molecule has 0 unspecified atom stereocenters. The van der Waals surface area contributed by atoms with Crippen LogP contribution in [0.25, 0.3) is 0 Å². The highest BCUT2D eigenvalue weighted by Gasteiger charge is 2.17. The van der Waals surface area contributed by atoms with E-state index in [-0.39, 0.29) is 12.6 Å². The minimum atomic E-state index is -0.247. The zero-order valence-corrected chi connectivity index (χ0v) is 8.27. The molecule has 15 heavy (non-hydrogen) atoms. The monoisotopic (exact) mass is 204 g/mol. The molecule has 1 aromatic carbocycles. The fourth-order valence-corrected chi connectivity index (χ4v) is 1.63. The van der Waals surface area contributed by atoms with Gasteiger partial charge in [0.15, 0.2) is 0 Å². The van der Waals surface area contributed by atoms with Crippen LogP contribution in [0.3, 0.4) is 0 Å². The van der Waals surface area contributed by atoms with E-state index in [1.54, 1.807) is 6.08 Å². The van der Waals surface area contributed by atoms with Gasteiger partial charge in [-0.15, -0.1) is 0 Å². The number of benzene rings is 1. The Kier molecular flexibility index (Phi) is 2.83. The molecule has 1 N–H and O–H groups in total. The van der Waals surface area contributed by atoms with Crippen LogP contribution < -0.4 is 0 Å². The van der Waals surface area contributed by atoms with Crippen LogP contribution in [0.1, 0.15) is 11.1 Å². The molecule has 78 valence electrons. The number of hydrogen-bond acceptors (Lipinski definition) is 3. The van der Waals surface area contributed by atoms with E-state index in [1.807, 2.05) is 24.3 Å². The molecule has 3 nitrogen and oxygen atoms in total. The van der Waals surface area contributed by atoms with Crippen molar-refractivity contribution in [1.29, 1.82) is 0 Å². The van der Waals surface area contributed by atoms with Crippen LogP contribution in [0.4, 0.5) is 0 Å². The van der Waals surface area contributed by atoms with Gasteiger partial charge in [0.25, 0.3) is 0 Å². The zero-order chi connectivity index (χ0) is 10.7. The minimum absolute atomic E-state index is 0.00149. The maximum atomic E-state index is 11.2. The Morgan fingerprint density at radius 2 is 2.00 bits per heavy atom. The average molecular weight is 204 g/mol. The number of cyclic esters (lactones) is 1. The van der Waals surface area contributed by atoms with Crippen molar-refractivity contribution in [2.24, 2.45) is 0 Å². The van der Waals surface area contributed by atoms with Crippen molar-refractivity contribution in [2.45, 2.75) is 13.0 Å². The van der Waals surface area contributed by atoms with Crippen molar-refractivity contribution in [3.63, 3.8) is 0 Å². The highest BCUT2D eigenvalue weighted by atomic mass is 16.5. The molecule has 0 spiro atoms. The van der Waals surface area contributed by atoms with E-state index in [1.165, 1.54) is 0 Å². The standard InChI is InChI=1S/C12H12O3/c13-8-11-4-2-1-3-9(11)7-10-5-6-15-12(10)14/h1-5,13H,6-8H2. The summed E-state index contributed by atoms with van der Waals surface area (Å²) in [6, 6.07) is 7.54. The van der Waals surface area contributed by atoms with Crippen LogP contribution in [0.2, 0.25) is 0 Å². The molecule has 0 bridgehead atoms. The molecule has 0 atom stereocenters. The van der Waals surface area contributed by atoms with E-state index >= 15 is 0 Å². The third-order valence-electron chi connectivity index (χ3n) is 2.48. The smallest absolute Gasteiger partial charge is 0.334 e. The van der Waals surface area contributed by atoms with Crippen molar-refractivity contribution >= 4 is 5.97 Å². The fraction of sp³-hybridized carbons (Fsp3) is 0.250. The highest BCUT2D eigenvalue weighted by molar-refractivity contribution is 5.90. The average Bonchev–Trinajstić information content (AvgIpc) is 2.65. The maximum absolute atomic E-state index is 11.2. The van der Waals surface area contributed by atoms with E-state index < -0.39 is 0 Å². The number of rotatable bonds is 3. The van der Waals surface area contributed by atoms with Gasteiger partial charge in [-0.2, -0.15) is 0 Å². The molecule has 0 aliphatic carbocycles. The Labute approximate surface area is 88.0 Å². The lowest BCUT2D eigenvalue weighted by atomic mass is 10.0. The Balaban J connectivity index is 2.20. The largest absolute Gasteiger partial charge is 0.458 e. The van der Waals surface area contributed by atoms with Crippen LogP contribution >= 0.6 is 0 Å². The van der Waals surface area contributed by atoms with Gasteiger partial charge in [0, 0.05) is 12.0 Å². The molecule has 1 aromatic rings. The number of carbonyl (C=O) groups is 1. The van der Waals surface area contributed by atoms with Crippen LogP contribution in [0, 0.1) is 0 Å². The molecule has 2 rings (SSSR count). The summed E-state index contributed by atoms with van der Waals surface area (Å²) in [6.45, 7) is 0.369. The predicted octanol–water partition coefficient (Wildman–Crippen LogP) is 1.20. The van der Waals surface area contributed by atoms with Crippen molar-refractivity contribution in [3.8, 4) is 0 Å². The van der Waals surface area contributed by atoms with Gasteiger partial charge in [-0.25, -0.2) is 4.79 Å². The van der Waals surface area contributed by atoms with E-state index in [2.05, 4.69) is 0 Å². The Morgan fingerprint density at radius 1 is 1.27 bits per heavy atom. The third kappa shape index (κ3) is 2.07. The molecule has 0 aromatic heterocycles. The quantitative estimate of drug-likeness (QED) is 0.753. The summed E-state index contributed by atoms with van der Waals surface area (Å²) < 4.78 is 4.82. The van der Waals surface area contributed by atoms with Gasteiger partial charge in [-0.05, 0) is 17.2 Å². The van der Waals surface area contributed by atoms with Gasteiger partial charge < -0.3 is 9.84 Å². The summed E-state index contributed by atoms with van der Waals surface area (Å²) in [7, 11) is 0. The van der Waals surface area contributed by atoms with Gasteiger partial charge in [-0.1, -0.05) is 24.3 Å². The second-order valence-corrected chi connectivity index (χ2v) is 3.43. The van der Waals surface area contributed by atoms with Gasteiger partial charge >= 0.3 is 5.97 Å². The number of hydrogen-bond donors (Lipinski definition) is 1. The van der Waals surface area contributed by atoms with Crippen molar-refractivity contribution < 1.29 is 14.6 Å². The summed E-state index contributed by atoms with van der Waals surface area (Å²) in [6.07, 6.45) is 2.33. The van der Waals surface area contributed by atoms with Crippen molar-refractivity contribution in [1.82, 2.24) is 0 Å². The van der Waals surface area contributed by atoms with E-state index in [0.717, 1.165) is 11.1 Å². The number of carbonyl (C=O) groups excluding carboxylic acids is 1. The number of ether oxygens (including phenoxy) is 1. The second kappa shape index (κ2) is 4.28. The molecule has 0 radical (unpaired) electrons. The molecule has 0 saturated heterocycles. The molecule has 0 amide bonds. The highest BCUT2D eigenvalue weighted by Crippen LogP contribution is 2.17. The first-order valence-corrected chi connectivity index (χ1v) is 4.85. The molecule has 0 saturated carbocycles. The first-order chi connectivity index (χ1) is 7.31. The summed E-state index contributed by atoms with van der Waals surface area (Å²) in [5.41, 5.74) is 2.51. The number of aliphatic hydroxyl groups excluding tert-OH is 1. The molecule has 1 aliphatic rings. The molecule has 1 aliphatic heterocycles. The van der Waals surface area contributed by atoms with Gasteiger partial charge in [0.2, 0.25) is 0 Å². The van der Waals surface area contributed by atoms with Crippen LogP contribution in [-0.2, 0) is 22.6 Å². The first-order valence-electron chi connectivity index (χ1n) is 4.85. The fourth-order valence-electron chi connectivity index (χ4n) is 1.63. The Hall–Kier alpha value is -1.61. The van der Waals surface area contributed by atoms with Crippen LogP contribution in [-0.4, -0.2) is 17.7 Å². The summed E-state index contributed by atoms with van der Waals surface area (Å²) in [5.74, 6) is -0.247. The summed E-state index contributed by atoms with van der Waals surface area (Å²) in [5, 5.41) is 9.12. The van der Waals surface area contributed by atoms with Crippen LogP contribution in [0.15, 0.2) is 35.9 Å². The molecular weight excluding hydrogens is 192 g/mol. The molecule has 0 fully saturated rings. The first kappa shape index (κ1) is 9.93. The van der Waals surface area contributed by atoms with Gasteiger partial charge in [0.05, 0.1) is 6.61 Å². The van der Waals surface area contributed by atoms with E-state index in [0.29, 0.717) is 18.6 Å². The zero-order valence-electron chi connectivity index (χ0n) is 8.27. The predicted molar refractivity (Wildman–Crippen MR) is 55.1 cm³/mol. The molecule has 3 heteroatoms. The van der Waals surface area contributed by atoms with E-state index in [4.69, 9.17) is 9.84 Å². The Morgan fingerprint density at radius 3 is 2.60 bits per heavy atom. The number of esters is 1. The molecule has 1 heterocycles. The second-order valence-electron chi connectivity index (χ2n) is 3.43. The normalized spacial score (nSPS) is 15.0. The summed E-state index contributed by atoms with van der Waals surface area (Å²) in [4.78, 5) is 11.2. The SMILES string of the molecule is O=C1OCC=C1Cc1ccccc1CO. The van der Waals surface area contributed by atoms with Gasteiger partial charge in [-0.3, -0.25) is 0 Å². The lowest BCUT2D eigenvalue weighted by Gasteiger charge is -2.06. The number of aliphatic hydroxyl groups is 1. The van der Waals surface area contributed by atoms with E-state index in [9.17, 15) is 4.79 Å². The van der Waals surface area contributed by atoms with Gasteiger partial charge in [0.1, 0.15) is 6.61 Å². The summed E-state index contributed by atoms with van der Waals surface area (Å²) >= 11 is 0. The topological polar surface area (TPSA) is 46.5 Å². The third-order valence-corrected chi connectivity index (χ3v) is 2.48. The van der Waals surface area contributed by atoms with Crippen molar-refractivity contribution in [3.05, 3.63) is 47.0 Å². The lowest BCUT2D eigenvalue weighted by Crippen LogP contribution is -2.04. The maximum Gasteiger partial charge on any atom is 0.334 e. The Bertz CT molecular complexity index is 407. The minimum Gasteiger partial charge on any atom is -0.458 e. The molecular formula is C12H12O3. The lowest BCUT2D eigenvalue weighted by molar-refractivity contribution is -0.136.